The molecule has 0 aromatic heterocycles. The van der Waals surface area contributed by atoms with E-state index >= 15 is 0 Å². The lowest BCUT2D eigenvalue weighted by atomic mass is 10.2. The molecule has 0 saturated carbocycles. The first-order valence-corrected chi connectivity index (χ1v) is 7.10. The Morgan fingerprint density at radius 1 is 1.29 bits per heavy atom. The van der Waals surface area contributed by atoms with E-state index in [-0.39, 0.29) is 30.2 Å². The summed E-state index contributed by atoms with van der Waals surface area (Å²) in [7, 11) is 1.20. The molecule has 0 aliphatic heterocycles. The highest BCUT2D eigenvalue weighted by Gasteiger charge is 2.19. The lowest BCUT2D eigenvalue weighted by Crippen LogP contribution is -2.34. The molecule has 24 heavy (non-hydrogen) atoms. The van der Waals surface area contributed by atoms with Crippen LogP contribution in [-0.4, -0.2) is 42.8 Å². The van der Waals surface area contributed by atoms with Crippen LogP contribution in [-0.2, 0) is 9.47 Å². The summed E-state index contributed by atoms with van der Waals surface area (Å²) in [4.78, 5) is 33.3. The van der Waals surface area contributed by atoms with Gasteiger partial charge in [0.25, 0.3) is 0 Å². The highest BCUT2D eigenvalue weighted by Crippen LogP contribution is 2.28. The molecule has 9 heteroatoms. The second kappa shape index (κ2) is 8.14. The predicted molar refractivity (Wildman–Crippen MR) is 84.2 cm³/mol. The predicted octanol–water partition coefficient (Wildman–Crippen LogP) is 2.28. The maximum absolute atomic E-state index is 11.5. The molecule has 1 aromatic carbocycles. The van der Waals surface area contributed by atoms with Gasteiger partial charge in [-0.2, -0.15) is 0 Å². The number of carbonyl (C=O) groups is 2. The quantitative estimate of drug-likeness (QED) is 0.365. The molecule has 0 saturated heterocycles. The van der Waals surface area contributed by atoms with Gasteiger partial charge < -0.3 is 19.5 Å². The van der Waals surface area contributed by atoms with Crippen molar-refractivity contribution >= 4 is 17.7 Å². The summed E-state index contributed by atoms with van der Waals surface area (Å²) < 4.78 is 14.9. The van der Waals surface area contributed by atoms with E-state index in [1.807, 2.05) is 0 Å². The third kappa shape index (κ3) is 6.11. The number of esters is 1. The molecule has 0 unspecified atom stereocenters. The van der Waals surface area contributed by atoms with Gasteiger partial charge >= 0.3 is 17.7 Å². The normalized spacial score (nSPS) is 10.7. The first-order chi connectivity index (χ1) is 11.1. The zero-order valence-electron chi connectivity index (χ0n) is 14.0. The number of methoxy groups -OCH3 is 1. The topological polar surface area (TPSA) is 117 Å². The minimum absolute atomic E-state index is 0.0370. The minimum atomic E-state index is -0.637. The third-order valence-electron chi connectivity index (χ3n) is 2.61. The van der Waals surface area contributed by atoms with Gasteiger partial charge in [0, 0.05) is 12.1 Å². The third-order valence-corrected chi connectivity index (χ3v) is 2.61. The number of ether oxygens (including phenoxy) is 3. The summed E-state index contributed by atoms with van der Waals surface area (Å²) in [6, 6.07) is 3.65. The molecule has 0 aliphatic carbocycles. The Labute approximate surface area is 139 Å². The highest BCUT2D eigenvalue weighted by molar-refractivity contribution is 5.90. The Balaban J connectivity index is 2.67. The van der Waals surface area contributed by atoms with E-state index in [2.05, 4.69) is 10.1 Å². The number of carbonyl (C=O) groups excluding carboxylic acids is 2. The molecule has 1 rings (SSSR count). The summed E-state index contributed by atoms with van der Waals surface area (Å²) in [6.07, 6.45) is -0.621. The summed E-state index contributed by atoms with van der Waals surface area (Å²) in [5.74, 6) is -0.726. The number of amides is 1. The number of nitrogens with zero attached hydrogens (tertiary/aromatic N) is 1. The second-order valence-corrected chi connectivity index (χ2v) is 5.71. The molecule has 1 aromatic rings. The first-order valence-electron chi connectivity index (χ1n) is 7.10. The van der Waals surface area contributed by atoms with E-state index < -0.39 is 22.6 Å². The van der Waals surface area contributed by atoms with E-state index in [9.17, 15) is 19.7 Å². The van der Waals surface area contributed by atoms with Crippen LogP contribution in [0.3, 0.4) is 0 Å². The molecule has 9 nitrogen and oxygen atoms in total. The maximum Gasteiger partial charge on any atom is 0.407 e. The van der Waals surface area contributed by atoms with Gasteiger partial charge in [-0.05, 0) is 26.8 Å². The van der Waals surface area contributed by atoms with Crippen LogP contribution in [0.2, 0.25) is 0 Å². The molecule has 0 fully saturated rings. The van der Waals surface area contributed by atoms with Gasteiger partial charge in [-0.15, -0.1) is 0 Å². The average molecular weight is 340 g/mol. The molecule has 0 aliphatic rings. The zero-order chi connectivity index (χ0) is 18.3. The van der Waals surface area contributed by atoms with E-state index in [0.717, 1.165) is 6.07 Å². The van der Waals surface area contributed by atoms with Crippen LogP contribution in [0.5, 0.6) is 5.75 Å². The fraction of sp³-hybridized carbons (Fsp3) is 0.467. The molecule has 0 spiro atoms. The van der Waals surface area contributed by atoms with Crippen molar-refractivity contribution in [2.45, 2.75) is 26.4 Å². The largest absolute Gasteiger partial charge is 0.485 e. The summed E-state index contributed by atoms with van der Waals surface area (Å²) in [6.45, 7) is 5.22. The number of rotatable bonds is 6. The fourth-order valence-electron chi connectivity index (χ4n) is 1.65. The Morgan fingerprint density at radius 3 is 2.50 bits per heavy atom. The molecule has 0 atom stereocenters. The van der Waals surface area contributed by atoms with Crippen LogP contribution >= 0.6 is 0 Å². The average Bonchev–Trinajstić information content (AvgIpc) is 2.48. The number of nitrogens with one attached hydrogen (secondary N) is 1. The van der Waals surface area contributed by atoms with Crippen molar-refractivity contribution in [3.63, 3.8) is 0 Å². The summed E-state index contributed by atoms with van der Waals surface area (Å²) in [5, 5.41) is 13.4. The molecular weight excluding hydrogens is 320 g/mol. The lowest BCUT2D eigenvalue weighted by molar-refractivity contribution is -0.385. The van der Waals surface area contributed by atoms with Crippen LogP contribution in [0.4, 0.5) is 10.5 Å². The minimum Gasteiger partial charge on any atom is -0.485 e. The van der Waals surface area contributed by atoms with Crippen molar-refractivity contribution < 1.29 is 28.7 Å². The highest BCUT2D eigenvalue weighted by atomic mass is 16.6. The maximum atomic E-state index is 11.5. The van der Waals surface area contributed by atoms with Gasteiger partial charge in [0.05, 0.1) is 24.1 Å². The van der Waals surface area contributed by atoms with E-state index in [4.69, 9.17) is 9.47 Å². The van der Waals surface area contributed by atoms with Gasteiger partial charge in [-0.1, -0.05) is 0 Å². The van der Waals surface area contributed by atoms with Crippen molar-refractivity contribution in [3.05, 3.63) is 33.9 Å². The number of benzene rings is 1. The number of nitro groups is 1. The van der Waals surface area contributed by atoms with Gasteiger partial charge in [-0.25, -0.2) is 9.59 Å². The number of hydrogen-bond acceptors (Lipinski definition) is 7. The van der Waals surface area contributed by atoms with Gasteiger partial charge in [-0.3, -0.25) is 10.1 Å². The van der Waals surface area contributed by atoms with Crippen LogP contribution in [0.15, 0.2) is 18.2 Å². The van der Waals surface area contributed by atoms with Crippen molar-refractivity contribution in [1.82, 2.24) is 5.32 Å². The fourth-order valence-corrected chi connectivity index (χ4v) is 1.65. The molecule has 132 valence electrons. The van der Waals surface area contributed by atoms with Crippen molar-refractivity contribution in [2.75, 3.05) is 20.3 Å². The van der Waals surface area contributed by atoms with Crippen LogP contribution in [0.1, 0.15) is 31.1 Å². The number of nitro benzene ring substituents is 1. The lowest BCUT2D eigenvalue weighted by Gasteiger charge is -2.19. The van der Waals surface area contributed by atoms with E-state index in [1.54, 1.807) is 20.8 Å². The van der Waals surface area contributed by atoms with Crippen molar-refractivity contribution in [3.8, 4) is 5.75 Å². The van der Waals surface area contributed by atoms with Crippen LogP contribution in [0.25, 0.3) is 0 Å². The van der Waals surface area contributed by atoms with Gasteiger partial charge in [0.15, 0.2) is 5.75 Å². The molecule has 0 heterocycles. The zero-order valence-corrected chi connectivity index (χ0v) is 14.0. The SMILES string of the molecule is COC(=O)c1ccc([N+](=O)[O-])c(OCCNC(=O)OC(C)(C)C)c1. The van der Waals surface area contributed by atoms with Crippen LogP contribution < -0.4 is 10.1 Å². The molecule has 1 N–H and O–H groups in total. The first kappa shape index (κ1) is 19.2. The summed E-state index contributed by atoms with van der Waals surface area (Å²) in [5.41, 5.74) is -0.795. The molecule has 0 bridgehead atoms. The second-order valence-electron chi connectivity index (χ2n) is 5.71. The Kier molecular flexibility index (Phi) is 6.51. The molecule has 1 amide bonds. The monoisotopic (exact) mass is 340 g/mol. The molecular formula is C15H20N2O7. The Bertz CT molecular complexity index is 623. The van der Waals surface area contributed by atoms with Gasteiger partial charge in [0.1, 0.15) is 12.2 Å². The van der Waals surface area contributed by atoms with Crippen molar-refractivity contribution in [1.29, 1.82) is 0 Å². The van der Waals surface area contributed by atoms with E-state index in [0.29, 0.717) is 0 Å². The molecule has 0 radical (unpaired) electrons. The smallest absolute Gasteiger partial charge is 0.407 e. The Hall–Kier alpha value is -2.84. The number of hydrogen-bond donors (Lipinski definition) is 1. The Morgan fingerprint density at radius 2 is 1.96 bits per heavy atom. The summed E-state index contributed by atoms with van der Waals surface area (Å²) >= 11 is 0. The number of alkyl carbamates (subject to hydrolysis) is 1. The van der Waals surface area contributed by atoms with Gasteiger partial charge in [0.2, 0.25) is 0 Å². The van der Waals surface area contributed by atoms with Crippen LogP contribution in [0, 0.1) is 10.1 Å². The standard InChI is InChI=1S/C15H20N2O7/c1-15(2,3)24-14(19)16-7-8-23-12-9-10(13(18)22-4)5-6-11(12)17(20)21/h5-6,9H,7-8H2,1-4H3,(H,16,19). The van der Waals surface area contributed by atoms with Crippen molar-refractivity contribution in [2.24, 2.45) is 0 Å². The van der Waals surface area contributed by atoms with E-state index in [1.165, 1.54) is 19.2 Å².